The number of aromatic nitrogens is 1. The van der Waals surface area contributed by atoms with Gasteiger partial charge in [-0.05, 0) is 73.5 Å². The maximum Gasteiger partial charge on any atom is 0.573 e. The molecule has 1 saturated heterocycles. The maximum atomic E-state index is 12.8. The van der Waals surface area contributed by atoms with Gasteiger partial charge in [0.05, 0.1) is 16.9 Å². The summed E-state index contributed by atoms with van der Waals surface area (Å²) in [7, 11) is 3.98. The molecule has 0 atom stereocenters. The Kier molecular flexibility index (Phi) is 6.35. The van der Waals surface area contributed by atoms with Gasteiger partial charge in [0, 0.05) is 55.2 Å². The molecule has 0 aliphatic carbocycles. The first-order chi connectivity index (χ1) is 17.2. The number of anilines is 4. The number of alkyl halides is 3. The lowest BCUT2D eigenvalue weighted by molar-refractivity contribution is -0.274. The van der Waals surface area contributed by atoms with Crippen LogP contribution in [0.5, 0.6) is 5.75 Å². The van der Waals surface area contributed by atoms with Crippen LogP contribution in [0, 0.1) is 0 Å². The van der Waals surface area contributed by atoms with E-state index in [2.05, 4.69) is 27.1 Å². The third-order valence-electron chi connectivity index (χ3n) is 6.29. The van der Waals surface area contributed by atoms with Crippen molar-refractivity contribution in [2.24, 2.45) is 0 Å². The molecule has 1 aliphatic heterocycles. The number of hydrogen-bond donors (Lipinski definition) is 1. The van der Waals surface area contributed by atoms with E-state index in [9.17, 15) is 13.2 Å². The van der Waals surface area contributed by atoms with E-state index in [1.807, 2.05) is 55.4 Å². The quantitative estimate of drug-likeness (QED) is 0.308. The van der Waals surface area contributed by atoms with Gasteiger partial charge in [0.15, 0.2) is 0 Å². The third kappa shape index (κ3) is 5.32. The predicted octanol–water partition coefficient (Wildman–Crippen LogP) is 7.21. The molecule has 5 nitrogen and oxygen atoms in total. The second kappa shape index (κ2) is 9.60. The highest BCUT2D eigenvalue weighted by Gasteiger charge is 2.31. The molecule has 0 amide bonds. The molecule has 186 valence electrons. The molecule has 1 N–H and O–H groups in total. The highest BCUT2D eigenvalue weighted by atomic mass is 19.4. The van der Waals surface area contributed by atoms with E-state index < -0.39 is 6.36 Å². The summed E-state index contributed by atoms with van der Waals surface area (Å²) in [6.45, 7) is 2.05. The van der Waals surface area contributed by atoms with Crippen molar-refractivity contribution >= 4 is 33.7 Å². The summed E-state index contributed by atoms with van der Waals surface area (Å²) in [5.41, 5.74) is 5.80. The summed E-state index contributed by atoms with van der Waals surface area (Å²) in [6, 6.07) is 22.0. The van der Waals surface area contributed by atoms with Crippen molar-refractivity contribution in [1.29, 1.82) is 0 Å². The molecule has 8 heteroatoms. The van der Waals surface area contributed by atoms with Gasteiger partial charge in [-0.2, -0.15) is 0 Å². The number of nitrogens with one attached hydrogen (secondary N) is 1. The van der Waals surface area contributed by atoms with Crippen LogP contribution in [-0.2, 0) is 0 Å². The highest BCUT2D eigenvalue weighted by Crippen LogP contribution is 2.35. The number of fused-ring (bicyclic) bond motifs is 1. The smallest absolute Gasteiger partial charge is 0.406 e. The Balaban J connectivity index is 1.58. The summed E-state index contributed by atoms with van der Waals surface area (Å²) < 4.78 is 42.5. The number of nitrogens with zero attached hydrogens (tertiary/aromatic N) is 3. The zero-order valence-corrected chi connectivity index (χ0v) is 20.1. The minimum atomic E-state index is -4.76. The van der Waals surface area contributed by atoms with Crippen molar-refractivity contribution in [3.8, 4) is 17.0 Å². The van der Waals surface area contributed by atoms with Crippen molar-refractivity contribution in [3.05, 3.63) is 72.8 Å². The first-order valence-corrected chi connectivity index (χ1v) is 11.9. The van der Waals surface area contributed by atoms with Gasteiger partial charge in [0.1, 0.15) is 5.75 Å². The average Bonchev–Trinajstić information content (AvgIpc) is 3.38. The second-order valence-corrected chi connectivity index (χ2v) is 9.09. The second-order valence-electron chi connectivity index (χ2n) is 9.09. The van der Waals surface area contributed by atoms with Gasteiger partial charge >= 0.3 is 6.36 Å². The van der Waals surface area contributed by atoms with Crippen molar-refractivity contribution in [3.63, 3.8) is 0 Å². The number of hydrogen-bond acceptors (Lipinski definition) is 5. The molecule has 0 radical (unpaired) electrons. The number of pyridine rings is 1. The van der Waals surface area contributed by atoms with Crippen molar-refractivity contribution in [2.45, 2.75) is 19.2 Å². The van der Waals surface area contributed by atoms with Crippen LogP contribution < -0.4 is 19.9 Å². The summed E-state index contributed by atoms with van der Waals surface area (Å²) in [6.07, 6.45) is -2.41. The van der Waals surface area contributed by atoms with E-state index in [1.54, 1.807) is 6.07 Å². The molecule has 1 fully saturated rings. The van der Waals surface area contributed by atoms with E-state index in [-0.39, 0.29) is 5.75 Å². The molecule has 0 spiro atoms. The fourth-order valence-corrected chi connectivity index (χ4v) is 4.49. The molecule has 1 aliphatic rings. The molecular formula is C28H27F3N4O. The van der Waals surface area contributed by atoms with Gasteiger partial charge < -0.3 is 19.9 Å². The van der Waals surface area contributed by atoms with Crippen molar-refractivity contribution < 1.29 is 17.9 Å². The average molecular weight is 493 g/mol. The topological polar surface area (TPSA) is 40.6 Å². The van der Waals surface area contributed by atoms with Crippen LogP contribution in [-0.4, -0.2) is 38.5 Å². The van der Waals surface area contributed by atoms with Crippen LogP contribution in [0.25, 0.3) is 22.2 Å². The molecule has 0 unspecified atom stereocenters. The number of rotatable bonds is 6. The Morgan fingerprint density at radius 3 is 2.36 bits per heavy atom. The number of benzene rings is 3. The van der Waals surface area contributed by atoms with E-state index in [4.69, 9.17) is 4.98 Å². The zero-order valence-electron chi connectivity index (χ0n) is 20.1. The first-order valence-electron chi connectivity index (χ1n) is 11.9. The van der Waals surface area contributed by atoms with Crippen LogP contribution in [0.15, 0.2) is 72.8 Å². The molecule has 2 heterocycles. The lowest BCUT2D eigenvalue weighted by Crippen LogP contribution is -2.17. The summed E-state index contributed by atoms with van der Waals surface area (Å²) in [5.74, 6) is -0.278. The monoisotopic (exact) mass is 492 g/mol. The fraction of sp³-hybridized carbons (Fsp3) is 0.250. The number of ether oxygens (including phenoxy) is 1. The van der Waals surface area contributed by atoms with Gasteiger partial charge in [-0.1, -0.05) is 12.1 Å². The molecule has 0 bridgehead atoms. The standard InChI is InChI=1S/C28H27F3N4O/c1-34(2)21-10-8-20(9-11-21)32-27-18-26(19-6-5-7-23(16-19)36-28(29,30)31)33-25-13-12-22(17-24(25)27)35-14-3-4-15-35/h5-13,16-18H,3-4,14-15H2,1-2H3,(H,32,33). The normalized spacial score (nSPS) is 13.8. The van der Waals surface area contributed by atoms with Crippen LogP contribution in [0.1, 0.15) is 12.8 Å². The third-order valence-corrected chi connectivity index (χ3v) is 6.29. The largest absolute Gasteiger partial charge is 0.573 e. The molecule has 1 aromatic heterocycles. The Bertz CT molecular complexity index is 1360. The summed E-state index contributed by atoms with van der Waals surface area (Å²) >= 11 is 0. The molecule has 36 heavy (non-hydrogen) atoms. The van der Waals surface area contributed by atoms with Gasteiger partial charge in [-0.25, -0.2) is 4.98 Å². The van der Waals surface area contributed by atoms with Crippen molar-refractivity contribution in [2.75, 3.05) is 42.3 Å². The van der Waals surface area contributed by atoms with Crippen LogP contribution in [0.4, 0.5) is 35.9 Å². The van der Waals surface area contributed by atoms with E-state index in [0.717, 1.165) is 46.7 Å². The highest BCUT2D eigenvalue weighted by molar-refractivity contribution is 5.97. The molecule has 3 aromatic carbocycles. The number of halogens is 3. The van der Waals surface area contributed by atoms with Crippen LogP contribution in [0.2, 0.25) is 0 Å². The molecular weight excluding hydrogens is 465 g/mol. The minimum absolute atomic E-state index is 0.278. The lowest BCUT2D eigenvalue weighted by atomic mass is 10.1. The summed E-state index contributed by atoms with van der Waals surface area (Å²) in [5, 5.41) is 4.45. The van der Waals surface area contributed by atoms with E-state index in [1.165, 1.54) is 31.0 Å². The Hall–Kier alpha value is -3.94. The molecule has 5 rings (SSSR count). The van der Waals surface area contributed by atoms with E-state index in [0.29, 0.717) is 11.3 Å². The Morgan fingerprint density at radius 2 is 1.67 bits per heavy atom. The SMILES string of the molecule is CN(C)c1ccc(Nc2cc(-c3cccc(OC(F)(F)F)c3)nc3ccc(N4CCCC4)cc23)cc1. The van der Waals surface area contributed by atoms with Crippen molar-refractivity contribution in [1.82, 2.24) is 4.98 Å². The maximum absolute atomic E-state index is 12.8. The van der Waals surface area contributed by atoms with Crippen LogP contribution in [0.3, 0.4) is 0 Å². The lowest BCUT2D eigenvalue weighted by Gasteiger charge is -2.20. The predicted molar refractivity (Wildman–Crippen MR) is 139 cm³/mol. The zero-order chi connectivity index (χ0) is 25.3. The first kappa shape index (κ1) is 23.8. The van der Waals surface area contributed by atoms with Gasteiger partial charge in [0.25, 0.3) is 0 Å². The molecule has 0 saturated carbocycles. The Labute approximate surface area is 208 Å². The van der Waals surface area contributed by atoms with Gasteiger partial charge in [-0.3, -0.25) is 0 Å². The summed E-state index contributed by atoms with van der Waals surface area (Å²) in [4.78, 5) is 9.18. The van der Waals surface area contributed by atoms with E-state index >= 15 is 0 Å². The van der Waals surface area contributed by atoms with Gasteiger partial charge in [-0.15, -0.1) is 13.2 Å². The Morgan fingerprint density at radius 1 is 0.917 bits per heavy atom. The molecule has 4 aromatic rings. The fourth-order valence-electron chi connectivity index (χ4n) is 4.49. The van der Waals surface area contributed by atoms with Gasteiger partial charge in [0.2, 0.25) is 0 Å². The minimum Gasteiger partial charge on any atom is -0.406 e. The van der Waals surface area contributed by atoms with Crippen LogP contribution >= 0.6 is 0 Å².